The molecule has 0 N–H and O–H groups in total. The normalized spacial score (nSPS) is 33.0. The Morgan fingerprint density at radius 1 is 1.42 bits per heavy atom. The first-order chi connectivity index (χ1) is 11.3. The number of carbonyl (C=O) groups excluding carboxylic acids is 2. The molecule has 4 atom stereocenters. The van der Waals surface area contributed by atoms with E-state index >= 15 is 0 Å². The second-order valence-electron chi connectivity index (χ2n) is 7.53. The summed E-state index contributed by atoms with van der Waals surface area (Å²) in [5, 5.41) is 0. The third-order valence-corrected chi connectivity index (χ3v) is 6.31. The summed E-state index contributed by atoms with van der Waals surface area (Å²) in [5.41, 5.74) is 1.84. The van der Waals surface area contributed by atoms with Crippen LogP contribution in [0, 0.1) is 24.2 Å². The number of hydrogen-bond acceptors (Lipinski definition) is 4. The Bertz CT molecular complexity index is 711. The maximum absolute atomic E-state index is 13.0. The summed E-state index contributed by atoms with van der Waals surface area (Å²) >= 11 is 0. The van der Waals surface area contributed by atoms with Gasteiger partial charge >= 0.3 is 5.97 Å². The molecule has 24 heavy (non-hydrogen) atoms. The first kappa shape index (κ1) is 17.0. The van der Waals surface area contributed by atoms with Gasteiger partial charge in [0, 0.05) is 22.5 Å². The van der Waals surface area contributed by atoms with E-state index in [9.17, 15) is 9.59 Å². The van der Waals surface area contributed by atoms with Crippen LogP contribution in [0.3, 0.4) is 0 Å². The molecule has 1 fully saturated rings. The zero-order chi connectivity index (χ0) is 17.6. The Morgan fingerprint density at radius 3 is 2.79 bits per heavy atom. The van der Waals surface area contributed by atoms with Crippen molar-refractivity contribution in [3.63, 3.8) is 0 Å². The number of esters is 1. The third kappa shape index (κ3) is 2.27. The first-order valence-corrected chi connectivity index (χ1v) is 8.78. The molecule has 0 aromatic carbocycles. The van der Waals surface area contributed by atoms with Gasteiger partial charge in [-0.2, -0.15) is 0 Å². The van der Waals surface area contributed by atoms with Crippen LogP contribution in [0.2, 0.25) is 0 Å². The van der Waals surface area contributed by atoms with Crippen molar-refractivity contribution < 1.29 is 18.7 Å². The van der Waals surface area contributed by atoms with Gasteiger partial charge in [0.15, 0.2) is 5.76 Å². The highest BCUT2D eigenvalue weighted by Crippen LogP contribution is 2.59. The number of furan rings is 1. The van der Waals surface area contributed by atoms with Crippen LogP contribution in [0.15, 0.2) is 22.3 Å². The number of carbonyl (C=O) groups is 2. The average molecular weight is 330 g/mol. The van der Waals surface area contributed by atoms with Crippen LogP contribution in [0.5, 0.6) is 0 Å². The van der Waals surface area contributed by atoms with Crippen LogP contribution in [-0.4, -0.2) is 11.8 Å². The molecule has 1 saturated carbocycles. The molecule has 2 aliphatic carbocycles. The smallest absolute Gasteiger partial charge is 0.334 e. The number of aryl methyl sites for hydroxylation is 1. The van der Waals surface area contributed by atoms with E-state index in [0.717, 1.165) is 30.4 Å². The van der Waals surface area contributed by atoms with Gasteiger partial charge in [0.2, 0.25) is 5.78 Å². The van der Waals surface area contributed by atoms with Gasteiger partial charge in [0.05, 0.1) is 6.26 Å². The summed E-state index contributed by atoms with van der Waals surface area (Å²) in [7, 11) is 0. The first-order valence-electron chi connectivity index (χ1n) is 8.78. The maximum Gasteiger partial charge on any atom is 0.334 e. The van der Waals surface area contributed by atoms with E-state index in [2.05, 4.69) is 13.8 Å². The van der Waals surface area contributed by atoms with Crippen LogP contribution >= 0.6 is 0 Å². The molecular formula is C20H26O4. The number of hydrogen-bond donors (Lipinski definition) is 0. The lowest BCUT2D eigenvalue weighted by Gasteiger charge is -2.51. The summed E-state index contributed by atoms with van der Waals surface area (Å²) in [4.78, 5) is 25.5. The highest BCUT2D eigenvalue weighted by Gasteiger charge is 2.58. The summed E-state index contributed by atoms with van der Waals surface area (Å²) in [6, 6.07) is 0. The second kappa shape index (κ2) is 5.91. The lowest BCUT2D eigenvalue weighted by molar-refractivity contribution is -0.161. The molecule has 0 saturated heterocycles. The number of ketones is 1. The lowest BCUT2D eigenvalue weighted by Crippen LogP contribution is -2.50. The van der Waals surface area contributed by atoms with Crippen molar-refractivity contribution in [2.24, 2.45) is 17.3 Å². The zero-order valence-electron chi connectivity index (χ0n) is 15.1. The van der Waals surface area contributed by atoms with Gasteiger partial charge in [-0.05, 0) is 45.1 Å². The highest BCUT2D eigenvalue weighted by molar-refractivity contribution is 5.99. The van der Waals surface area contributed by atoms with Gasteiger partial charge in [-0.3, -0.25) is 4.79 Å². The van der Waals surface area contributed by atoms with Crippen molar-refractivity contribution in [1.29, 1.82) is 0 Å². The fraction of sp³-hybridized carbons (Fsp3) is 0.600. The van der Waals surface area contributed by atoms with Gasteiger partial charge in [0.25, 0.3) is 0 Å². The van der Waals surface area contributed by atoms with E-state index in [-0.39, 0.29) is 23.1 Å². The fourth-order valence-corrected chi connectivity index (χ4v) is 4.39. The monoisotopic (exact) mass is 330 g/mol. The number of ether oxygens (including phenoxy) is 1. The van der Waals surface area contributed by atoms with Gasteiger partial charge in [-0.1, -0.05) is 26.3 Å². The van der Waals surface area contributed by atoms with Crippen molar-refractivity contribution in [1.82, 2.24) is 0 Å². The Hall–Kier alpha value is -1.84. The van der Waals surface area contributed by atoms with Crippen molar-refractivity contribution in [2.45, 2.75) is 60.0 Å². The minimum absolute atomic E-state index is 0.0715. The quantitative estimate of drug-likeness (QED) is 0.578. The number of allylic oxidation sites excluding steroid dienone is 1. The van der Waals surface area contributed by atoms with Crippen molar-refractivity contribution in [3.8, 4) is 0 Å². The molecule has 4 nitrogen and oxygen atoms in total. The van der Waals surface area contributed by atoms with Gasteiger partial charge in [-0.15, -0.1) is 0 Å². The molecule has 1 aromatic heterocycles. The van der Waals surface area contributed by atoms with E-state index in [1.807, 2.05) is 13.8 Å². The van der Waals surface area contributed by atoms with E-state index in [1.165, 1.54) is 0 Å². The SMILES string of the molecule is CC=C(C)C(=O)O[C@@H]1c2c(C)coc2C(=O)[C@H]2CCC[C@H](C)[C@]21C. The van der Waals surface area contributed by atoms with Crippen molar-refractivity contribution >= 4 is 11.8 Å². The third-order valence-electron chi connectivity index (χ3n) is 6.31. The molecule has 0 amide bonds. The van der Waals surface area contributed by atoms with Gasteiger partial charge in [-0.25, -0.2) is 4.79 Å². The van der Waals surface area contributed by atoms with E-state index in [0.29, 0.717) is 17.3 Å². The topological polar surface area (TPSA) is 56.5 Å². The minimum atomic E-state index is -0.438. The van der Waals surface area contributed by atoms with Crippen LogP contribution in [0.1, 0.15) is 74.7 Å². The molecule has 0 radical (unpaired) electrons. The second-order valence-corrected chi connectivity index (χ2v) is 7.53. The predicted molar refractivity (Wildman–Crippen MR) is 90.7 cm³/mol. The summed E-state index contributed by atoms with van der Waals surface area (Å²) in [5.74, 6) is 0.290. The molecule has 1 aromatic rings. The predicted octanol–water partition coefficient (Wildman–Crippen LogP) is 4.78. The van der Waals surface area contributed by atoms with E-state index < -0.39 is 6.10 Å². The van der Waals surface area contributed by atoms with Gasteiger partial charge in [0.1, 0.15) is 6.10 Å². The number of rotatable bonds is 2. The van der Waals surface area contributed by atoms with Crippen LogP contribution in [-0.2, 0) is 9.53 Å². The standard InChI is InChI=1S/C20H26O4/c1-6-11(2)19(22)24-18-15-12(3)10-23-17(15)16(21)14-9-7-8-13(4)20(14,18)5/h6,10,13-14,18H,7-9H2,1-5H3/t13-,14+,18+,20+/m0/s1. The zero-order valence-corrected chi connectivity index (χ0v) is 15.1. The van der Waals surface area contributed by atoms with Crippen molar-refractivity contribution in [2.75, 3.05) is 0 Å². The Morgan fingerprint density at radius 2 is 2.12 bits per heavy atom. The van der Waals surface area contributed by atoms with E-state index in [4.69, 9.17) is 9.15 Å². The largest absolute Gasteiger partial charge is 0.461 e. The van der Waals surface area contributed by atoms with Crippen LogP contribution < -0.4 is 0 Å². The van der Waals surface area contributed by atoms with Crippen LogP contribution in [0.4, 0.5) is 0 Å². The Kier molecular flexibility index (Phi) is 4.18. The molecule has 2 aliphatic rings. The number of fused-ring (bicyclic) bond motifs is 2. The fourth-order valence-electron chi connectivity index (χ4n) is 4.39. The molecule has 1 heterocycles. The van der Waals surface area contributed by atoms with E-state index in [1.54, 1.807) is 19.3 Å². The molecule has 0 aliphatic heterocycles. The van der Waals surface area contributed by atoms with Crippen LogP contribution in [0.25, 0.3) is 0 Å². The van der Waals surface area contributed by atoms with Gasteiger partial charge < -0.3 is 9.15 Å². The molecule has 0 spiro atoms. The summed E-state index contributed by atoms with van der Waals surface area (Å²) in [6.45, 7) is 9.77. The molecule has 3 rings (SSSR count). The molecule has 0 bridgehead atoms. The van der Waals surface area contributed by atoms with Crippen molar-refractivity contribution in [3.05, 3.63) is 34.8 Å². The molecular weight excluding hydrogens is 304 g/mol. The summed E-state index contributed by atoms with van der Waals surface area (Å²) < 4.78 is 11.6. The molecule has 4 heteroatoms. The minimum Gasteiger partial charge on any atom is -0.461 e. The maximum atomic E-state index is 13.0. The average Bonchev–Trinajstić information content (AvgIpc) is 2.94. The lowest BCUT2D eigenvalue weighted by atomic mass is 9.54. The molecule has 0 unspecified atom stereocenters. The molecule has 130 valence electrons. The Balaban J connectivity index is 2.14. The highest BCUT2D eigenvalue weighted by atomic mass is 16.5. The Labute approximate surface area is 143 Å². The summed E-state index contributed by atoms with van der Waals surface area (Å²) in [6.07, 6.45) is 5.82. The number of Topliss-reactive ketones (excluding diaryl/α,β-unsaturated/α-hetero) is 1.